The standard InChI is InChI=1S/C9H15NO4/c1-9(2,13-3)8(12)10-6-4-5-14-7(6)11/h6H,4-5H2,1-3H3,(H,10,12). The van der Waals surface area contributed by atoms with Crippen LogP contribution in [0.3, 0.4) is 0 Å². The summed E-state index contributed by atoms with van der Waals surface area (Å²) in [5.74, 6) is -0.672. The van der Waals surface area contributed by atoms with Gasteiger partial charge in [-0.15, -0.1) is 0 Å². The fourth-order valence-electron chi connectivity index (χ4n) is 1.05. The van der Waals surface area contributed by atoms with E-state index < -0.39 is 11.6 Å². The third-order valence-corrected chi connectivity index (χ3v) is 2.30. The van der Waals surface area contributed by atoms with Crippen LogP contribution in [0.15, 0.2) is 0 Å². The molecule has 0 aliphatic carbocycles. The number of carbonyl (C=O) groups excluding carboxylic acids is 2. The minimum atomic E-state index is -0.914. The highest BCUT2D eigenvalue weighted by Gasteiger charge is 2.34. The van der Waals surface area contributed by atoms with E-state index in [4.69, 9.17) is 9.47 Å². The van der Waals surface area contributed by atoms with Crippen LogP contribution in [0.5, 0.6) is 0 Å². The zero-order valence-electron chi connectivity index (χ0n) is 8.62. The summed E-state index contributed by atoms with van der Waals surface area (Å²) in [7, 11) is 1.45. The van der Waals surface area contributed by atoms with Crippen LogP contribution < -0.4 is 5.32 Å². The molecule has 1 saturated heterocycles. The maximum Gasteiger partial charge on any atom is 0.328 e. The Morgan fingerprint density at radius 3 is 2.71 bits per heavy atom. The first-order valence-electron chi connectivity index (χ1n) is 4.50. The van der Waals surface area contributed by atoms with Gasteiger partial charge in [0.25, 0.3) is 5.91 Å². The van der Waals surface area contributed by atoms with E-state index in [1.807, 2.05) is 0 Å². The lowest BCUT2D eigenvalue weighted by molar-refractivity contribution is -0.146. The van der Waals surface area contributed by atoms with Crippen molar-refractivity contribution in [1.82, 2.24) is 5.32 Å². The summed E-state index contributed by atoms with van der Waals surface area (Å²) >= 11 is 0. The number of carbonyl (C=O) groups is 2. The molecule has 1 amide bonds. The molecule has 14 heavy (non-hydrogen) atoms. The largest absolute Gasteiger partial charge is 0.464 e. The zero-order valence-corrected chi connectivity index (χ0v) is 8.62. The summed E-state index contributed by atoms with van der Waals surface area (Å²) in [5.41, 5.74) is -0.914. The number of hydrogen-bond donors (Lipinski definition) is 1. The number of methoxy groups -OCH3 is 1. The van der Waals surface area contributed by atoms with Gasteiger partial charge in [0.05, 0.1) is 6.61 Å². The molecule has 80 valence electrons. The minimum absolute atomic E-state index is 0.302. The van der Waals surface area contributed by atoms with Gasteiger partial charge in [-0.1, -0.05) is 0 Å². The van der Waals surface area contributed by atoms with E-state index in [9.17, 15) is 9.59 Å². The van der Waals surface area contributed by atoms with Crippen LogP contribution in [0.4, 0.5) is 0 Å². The van der Waals surface area contributed by atoms with E-state index in [2.05, 4.69) is 5.32 Å². The number of hydrogen-bond acceptors (Lipinski definition) is 4. The van der Waals surface area contributed by atoms with Gasteiger partial charge in [-0.2, -0.15) is 0 Å². The van der Waals surface area contributed by atoms with Gasteiger partial charge in [0.1, 0.15) is 11.6 Å². The molecular weight excluding hydrogens is 186 g/mol. The normalized spacial score (nSPS) is 21.9. The van der Waals surface area contributed by atoms with Gasteiger partial charge < -0.3 is 14.8 Å². The van der Waals surface area contributed by atoms with Crippen molar-refractivity contribution in [3.63, 3.8) is 0 Å². The van der Waals surface area contributed by atoms with Crippen molar-refractivity contribution in [2.24, 2.45) is 0 Å². The monoisotopic (exact) mass is 201 g/mol. The molecule has 0 aromatic carbocycles. The minimum Gasteiger partial charge on any atom is -0.464 e. The lowest BCUT2D eigenvalue weighted by atomic mass is 10.1. The van der Waals surface area contributed by atoms with Crippen molar-refractivity contribution in [3.05, 3.63) is 0 Å². The zero-order chi connectivity index (χ0) is 10.8. The van der Waals surface area contributed by atoms with Crippen molar-refractivity contribution < 1.29 is 19.1 Å². The maximum atomic E-state index is 11.6. The van der Waals surface area contributed by atoms with Crippen molar-refractivity contribution in [2.45, 2.75) is 31.9 Å². The third-order valence-electron chi connectivity index (χ3n) is 2.30. The van der Waals surface area contributed by atoms with Gasteiger partial charge in [-0.05, 0) is 13.8 Å². The molecule has 0 aromatic heterocycles. The molecule has 1 aliphatic heterocycles. The quantitative estimate of drug-likeness (QED) is 0.644. The van der Waals surface area contributed by atoms with E-state index >= 15 is 0 Å². The first-order chi connectivity index (χ1) is 6.47. The number of ether oxygens (including phenoxy) is 2. The van der Waals surface area contributed by atoms with Crippen LogP contribution in [-0.4, -0.2) is 37.2 Å². The van der Waals surface area contributed by atoms with Crippen molar-refractivity contribution in [3.8, 4) is 0 Å². The number of amides is 1. The number of rotatable bonds is 3. The van der Waals surface area contributed by atoms with Gasteiger partial charge in [-0.25, -0.2) is 4.79 Å². The SMILES string of the molecule is COC(C)(C)C(=O)NC1CCOC1=O. The molecule has 1 fully saturated rings. The summed E-state index contributed by atoms with van der Waals surface area (Å²) < 4.78 is 9.70. The van der Waals surface area contributed by atoms with Crippen LogP contribution in [0, 0.1) is 0 Å². The van der Waals surface area contributed by atoms with Gasteiger partial charge in [0.2, 0.25) is 0 Å². The van der Waals surface area contributed by atoms with Gasteiger partial charge >= 0.3 is 5.97 Å². The first kappa shape index (κ1) is 11.0. The third kappa shape index (κ3) is 2.23. The van der Waals surface area contributed by atoms with E-state index in [0.717, 1.165) is 0 Å². The van der Waals surface area contributed by atoms with E-state index in [1.165, 1.54) is 7.11 Å². The van der Waals surface area contributed by atoms with Crippen LogP contribution in [0.25, 0.3) is 0 Å². The Labute approximate surface area is 82.8 Å². The Kier molecular flexibility index (Phi) is 3.10. The number of cyclic esters (lactones) is 1. The molecule has 5 nitrogen and oxygen atoms in total. The second-order valence-corrected chi connectivity index (χ2v) is 3.70. The average molecular weight is 201 g/mol. The van der Waals surface area contributed by atoms with Crippen LogP contribution in [0.1, 0.15) is 20.3 Å². The highest BCUT2D eigenvalue weighted by Crippen LogP contribution is 2.11. The molecule has 5 heteroatoms. The second-order valence-electron chi connectivity index (χ2n) is 3.70. The number of esters is 1. The summed E-state index contributed by atoms with van der Waals surface area (Å²) in [6.07, 6.45) is 0.532. The molecule has 0 radical (unpaired) electrons. The Bertz CT molecular complexity index is 249. The molecule has 1 heterocycles. The summed E-state index contributed by atoms with van der Waals surface area (Å²) in [6, 6.07) is -0.517. The Balaban J connectivity index is 2.52. The lowest BCUT2D eigenvalue weighted by Crippen LogP contribution is -2.49. The highest BCUT2D eigenvalue weighted by molar-refractivity contribution is 5.89. The smallest absolute Gasteiger partial charge is 0.328 e. The first-order valence-corrected chi connectivity index (χ1v) is 4.50. The van der Waals surface area contributed by atoms with Crippen molar-refractivity contribution in [2.75, 3.05) is 13.7 Å². The Hall–Kier alpha value is -1.10. The lowest BCUT2D eigenvalue weighted by Gasteiger charge is -2.22. The molecule has 0 aromatic rings. The van der Waals surface area contributed by atoms with Gasteiger partial charge in [0, 0.05) is 13.5 Å². The van der Waals surface area contributed by atoms with E-state index in [1.54, 1.807) is 13.8 Å². The molecule has 1 unspecified atom stereocenters. The molecule has 1 aliphatic rings. The predicted molar refractivity (Wildman–Crippen MR) is 48.6 cm³/mol. The van der Waals surface area contributed by atoms with Crippen LogP contribution in [-0.2, 0) is 19.1 Å². The van der Waals surface area contributed by atoms with E-state index in [-0.39, 0.29) is 11.9 Å². The molecular formula is C9H15NO4. The molecule has 1 atom stereocenters. The topological polar surface area (TPSA) is 64.6 Å². The van der Waals surface area contributed by atoms with E-state index in [0.29, 0.717) is 13.0 Å². The fourth-order valence-corrected chi connectivity index (χ4v) is 1.05. The molecule has 1 rings (SSSR count). The maximum absolute atomic E-state index is 11.6. The van der Waals surface area contributed by atoms with Crippen LogP contribution in [0.2, 0.25) is 0 Å². The Morgan fingerprint density at radius 2 is 2.29 bits per heavy atom. The molecule has 0 saturated carbocycles. The number of nitrogens with one attached hydrogen (secondary N) is 1. The molecule has 0 bridgehead atoms. The fraction of sp³-hybridized carbons (Fsp3) is 0.778. The second kappa shape index (κ2) is 3.96. The summed E-state index contributed by atoms with van der Waals surface area (Å²) in [5, 5.41) is 2.58. The summed E-state index contributed by atoms with van der Waals surface area (Å²) in [6.45, 7) is 3.66. The Morgan fingerprint density at radius 1 is 1.64 bits per heavy atom. The molecule has 1 N–H and O–H groups in total. The predicted octanol–water partition coefficient (Wildman–Crippen LogP) is -0.157. The average Bonchev–Trinajstić information content (AvgIpc) is 2.52. The van der Waals surface area contributed by atoms with Gasteiger partial charge in [-0.3, -0.25) is 4.79 Å². The van der Waals surface area contributed by atoms with Crippen molar-refractivity contribution in [1.29, 1.82) is 0 Å². The summed E-state index contributed by atoms with van der Waals surface area (Å²) in [4.78, 5) is 22.6. The van der Waals surface area contributed by atoms with Gasteiger partial charge in [0.15, 0.2) is 0 Å². The highest BCUT2D eigenvalue weighted by atomic mass is 16.5. The van der Waals surface area contributed by atoms with Crippen LogP contribution >= 0.6 is 0 Å². The molecule has 0 spiro atoms. The van der Waals surface area contributed by atoms with Crippen molar-refractivity contribution >= 4 is 11.9 Å².